The van der Waals surface area contributed by atoms with E-state index < -0.39 is 17.8 Å². The lowest BCUT2D eigenvalue weighted by atomic mass is 10.2. The number of hydrogen-bond acceptors (Lipinski definition) is 5. The van der Waals surface area contributed by atoms with Crippen LogP contribution in [0.4, 0.5) is 4.39 Å². The van der Waals surface area contributed by atoms with Crippen molar-refractivity contribution in [1.29, 1.82) is 0 Å². The van der Waals surface area contributed by atoms with Crippen LogP contribution in [0, 0.1) is 5.82 Å². The summed E-state index contributed by atoms with van der Waals surface area (Å²) >= 11 is 1.35. The zero-order valence-electron chi connectivity index (χ0n) is 14.1. The third-order valence-electron chi connectivity index (χ3n) is 3.46. The van der Waals surface area contributed by atoms with Crippen molar-refractivity contribution in [1.82, 2.24) is 0 Å². The summed E-state index contributed by atoms with van der Waals surface area (Å²) < 4.78 is 23.6. The number of carbonyl (C=O) groups excluding carboxylic acids is 2. The molecule has 0 fully saturated rings. The standard InChI is InChI=1S/C21H15FO4S/c22-16-12-10-15(11-13-16)21(24)26-19-9-5-4-8-18(19)25-20(23)14-27-17-6-2-1-3-7-17/h1-13H,14H2. The van der Waals surface area contributed by atoms with Gasteiger partial charge in [0.05, 0.1) is 11.3 Å². The van der Waals surface area contributed by atoms with Crippen LogP contribution in [0.3, 0.4) is 0 Å². The third kappa shape index (κ3) is 5.43. The molecule has 0 aliphatic heterocycles. The monoisotopic (exact) mass is 382 g/mol. The van der Waals surface area contributed by atoms with Crippen LogP contribution in [-0.2, 0) is 4.79 Å². The van der Waals surface area contributed by atoms with Gasteiger partial charge < -0.3 is 9.47 Å². The second-order valence-corrected chi connectivity index (χ2v) is 6.47. The molecule has 27 heavy (non-hydrogen) atoms. The van der Waals surface area contributed by atoms with Crippen LogP contribution in [0.5, 0.6) is 11.5 Å². The van der Waals surface area contributed by atoms with Gasteiger partial charge in [-0.1, -0.05) is 30.3 Å². The zero-order valence-corrected chi connectivity index (χ0v) is 14.9. The molecule has 0 amide bonds. The van der Waals surface area contributed by atoms with Crippen LogP contribution >= 0.6 is 11.8 Å². The van der Waals surface area contributed by atoms with Gasteiger partial charge in [-0.25, -0.2) is 9.18 Å². The van der Waals surface area contributed by atoms with Crippen LogP contribution in [0.15, 0.2) is 83.8 Å². The van der Waals surface area contributed by atoms with Crippen molar-refractivity contribution >= 4 is 23.7 Å². The van der Waals surface area contributed by atoms with E-state index in [0.29, 0.717) is 0 Å². The van der Waals surface area contributed by atoms with E-state index in [9.17, 15) is 14.0 Å². The number of esters is 2. The predicted octanol–water partition coefficient (Wildman–Crippen LogP) is 4.74. The van der Waals surface area contributed by atoms with Crippen molar-refractivity contribution in [3.05, 3.63) is 90.2 Å². The van der Waals surface area contributed by atoms with E-state index >= 15 is 0 Å². The summed E-state index contributed by atoms with van der Waals surface area (Å²) in [4.78, 5) is 25.2. The molecule has 4 nitrogen and oxygen atoms in total. The maximum atomic E-state index is 13.0. The Hall–Kier alpha value is -3.12. The van der Waals surface area contributed by atoms with Crippen molar-refractivity contribution in [2.24, 2.45) is 0 Å². The number of hydrogen-bond donors (Lipinski definition) is 0. The maximum Gasteiger partial charge on any atom is 0.343 e. The fraction of sp³-hybridized carbons (Fsp3) is 0.0476. The van der Waals surface area contributed by atoms with E-state index in [0.717, 1.165) is 4.90 Å². The molecule has 3 aromatic rings. The fourth-order valence-corrected chi connectivity index (χ4v) is 2.87. The van der Waals surface area contributed by atoms with Gasteiger partial charge in [0.2, 0.25) is 0 Å². The quantitative estimate of drug-likeness (QED) is 0.350. The highest BCUT2D eigenvalue weighted by Gasteiger charge is 2.15. The Labute approximate surface area is 159 Å². The largest absolute Gasteiger partial charge is 0.422 e. The molecular formula is C21H15FO4S. The Bertz CT molecular complexity index is 926. The third-order valence-corrected chi connectivity index (χ3v) is 4.44. The Morgan fingerprint density at radius 1 is 0.778 bits per heavy atom. The first kappa shape index (κ1) is 18.7. The van der Waals surface area contributed by atoms with Crippen LogP contribution in [0.2, 0.25) is 0 Å². The van der Waals surface area contributed by atoms with E-state index in [2.05, 4.69) is 0 Å². The van der Waals surface area contributed by atoms with Gasteiger partial charge in [-0.2, -0.15) is 0 Å². The SMILES string of the molecule is O=C(CSc1ccccc1)Oc1ccccc1OC(=O)c1ccc(F)cc1. The number of ether oxygens (including phenoxy) is 2. The normalized spacial score (nSPS) is 10.3. The minimum Gasteiger partial charge on any atom is -0.422 e. The highest BCUT2D eigenvalue weighted by molar-refractivity contribution is 8.00. The van der Waals surface area contributed by atoms with Crippen molar-refractivity contribution in [2.45, 2.75) is 4.90 Å². The number of benzene rings is 3. The molecule has 0 saturated carbocycles. The van der Waals surface area contributed by atoms with Gasteiger partial charge in [0, 0.05) is 4.90 Å². The molecule has 6 heteroatoms. The van der Waals surface area contributed by atoms with Gasteiger partial charge >= 0.3 is 11.9 Å². The van der Waals surface area contributed by atoms with Crippen molar-refractivity contribution in [2.75, 3.05) is 5.75 Å². The molecule has 0 aliphatic carbocycles. The second kappa shape index (κ2) is 9.00. The second-order valence-electron chi connectivity index (χ2n) is 5.42. The molecule has 0 aliphatic rings. The summed E-state index contributed by atoms with van der Waals surface area (Å²) in [6.07, 6.45) is 0. The van der Waals surface area contributed by atoms with Crippen molar-refractivity contribution < 1.29 is 23.5 Å². The maximum absolute atomic E-state index is 13.0. The Kier molecular flexibility index (Phi) is 6.22. The van der Waals surface area contributed by atoms with E-state index in [-0.39, 0.29) is 22.8 Å². The van der Waals surface area contributed by atoms with Crippen molar-refractivity contribution in [3.8, 4) is 11.5 Å². The molecule has 0 aromatic heterocycles. The molecule has 0 heterocycles. The van der Waals surface area contributed by atoms with Crippen LogP contribution in [-0.4, -0.2) is 17.7 Å². The van der Waals surface area contributed by atoms with E-state index in [1.165, 1.54) is 42.1 Å². The van der Waals surface area contributed by atoms with Gasteiger partial charge in [-0.3, -0.25) is 4.79 Å². The van der Waals surface area contributed by atoms with Gasteiger partial charge in [0.1, 0.15) is 5.82 Å². The van der Waals surface area contributed by atoms with E-state index in [1.54, 1.807) is 18.2 Å². The minimum absolute atomic E-state index is 0.115. The number of carbonyl (C=O) groups is 2. The lowest BCUT2D eigenvalue weighted by Gasteiger charge is -2.10. The molecular weight excluding hydrogens is 367 g/mol. The summed E-state index contributed by atoms with van der Waals surface area (Å²) in [6.45, 7) is 0. The highest BCUT2D eigenvalue weighted by atomic mass is 32.2. The summed E-state index contributed by atoms with van der Waals surface area (Å²) in [7, 11) is 0. The molecule has 136 valence electrons. The number of para-hydroxylation sites is 2. The van der Waals surface area contributed by atoms with Gasteiger partial charge in [0.25, 0.3) is 0 Å². The Morgan fingerprint density at radius 2 is 1.37 bits per heavy atom. The smallest absolute Gasteiger partial charge is 0.343 e. The van der Waals surface area contributed by atoms with Crippen molar-refractivity contribution in [3.63, 3.8) is 0 Å². The molecule has 0 bridgehead atoms. The Balaban J connectivity index is 1.64. The fourth-order valence-electron chi connectivity index (χ4n) is 2.17. The summed E-state index contributed by atoms with van der Waals surface area (Å²) in [6, 6.07) is 20.8. The van der Waals surface area contributed by atoms with E-state index in [4.69, 9.17) is 9.47 Å². The molecule has 3 rings (SSSR count). The van der Waals surface area contributed by atoms with Gasteiger partial charge in [0.15, 0.2) is 11.5 Å². The summed E-state index contributed by atoms with van der Waals surface area (Å²) in [5.74, 6) is -1.20. The van der Waals surface area contributed by atoms with E-state index in [1.807, 2.05) is 30.3 Å². The summed E-state index contributed by atoms with van der Waals surface area (Å²) in [5.41, 5.74) is 0.192. The minimum atomic E-state index is -0.669. The Morgan fingerprint density at radius 3 is 2.04 bits per heavy atom. The first-order valence-electron chi connectivity index (χ1n) is 8.07. The molecule has 0 radical (unpaired) electrons. The summed E-state index contributed by atoms with van der Waals surface area (Å²) in [5, 5.41) is 0. The van der Waals surface area contributed by atoms with Crippen LogP contribution in [0.25, 0.3) is 0 Å². The lowest BCUT2D eigenvalue weighted by molar-refractivity contribution is -0.131. The van der Waals surface area contributed by atoms with Crippen LogP contribution in [0.1, 0.15) is 10.4 Å². The number of thioether (sulfide) groups is 1. The highest BCUT2D eigenvalue weighted by Crippen LogP contribution is 2.28. The van der Waals surface area contributed by atoms with Crippen LogP contribution < -0.4 is 9.47 Å². The molecule has 0 spiro atoms. The van der Waals surface area contributed by atoms with Gasteiger partial charge in [-0.05, 0) is 48.5 Å². The molecule has 0 atom stereocenters. The molecule has 0 unspecified atom stereocenters. The average Bonchev–Trinajstić information content (AvgIpc) is 2.69. The lowest BCUT2D eigenvalue weighted by Crippen LogP contribution is -2.13. The molecule has 0 saturated heterocycles. The molecule has 3 aromatic carbocycles. The first-order valence-corrected chi connectivity index (χ1v) is 9.06. The predicted molar refractivity (Wildman–Crippen MR) is 101 cm³/mol. The zero-order chi connectivity index (χ0) is 19.1. The van der Waals surface area contributed by atoms with Gasteiger partial charge in [-0.15, -0.1) is 11.8 Å². The number of halogens is 1. The average molecular weight is 382 g/mol. The molecule has 0 N–H and O–H groups in total. The first-order chi connectivity index (χ1) is 13.1. The topological polar surface area (TPSA) is 52.6 Å². The number of rotatable bonds is 6.